The second-order valence-electron chi connectivity index (χ2n) is 4.15. The largest absolute Gasteiger partial charge is 0.381 e. The Morgan fingerprint density at radius 2 is 2.00 bits per heavy atom. The number of hydrogen-bond acceptors (Lipinski definition) is 4. The minimum atomic E-state index is -4.16. The number of nitrogen functional groups attached to an aromatic ring is 1. The summed E-state index contributed by atoms with van der Waals surface area (Å²) in [5, 5.41) is 3.77. The van der Waals surface area contributed by atoms with Gasteiger partial charge in [0, 0.05) is 13.1 Å². The number of nitrogens with two attached hydrogens (primary N) is 1. The molecular weight excluding hydrogens is 290 g/mol. The zero-order valence-electron chi connectivity index (χ0n) is 10.7. The number of rotatable bonds is 3. The van der Waals surface area contributed by atoms with Crippen LogP contribution >= 0.6 is 0 Å². The third kappa shape index (κ3) is 2.44. The van der Waals surface area contributed by atoms with Crippen LogP contribution in [0.1, 0.15) is 5.69 Å². The number of benzene rings is 1. The fourth-order valence-corrected chi connectivity index (χ4v) is 3.10. The molecule has 6 nitrogen and oxygen atoms in total. The van der Waals surface area contributed by atoms with Gasteiger partial charge in [0.1, 0.15) is 11.6 Å². The second-order valence-corrected chi connectivity index (χ2v) is 5.77. The Bertz CT molecular complexity index is 771. The maximum Gasteiger partial charge on any atom is 0.267 e. The van der Waals surface area contributed by atoms with Gasteiger partial charge in [-0.3, -0.25) is 9.40 Å². The molecule has 0 saturated carbocycles. The summed E-state index contributed by atoms with van der Waals surface area (Å²) in [7, 11) is -2.64. The maximum atomic E-state index is 13.5. The number of hydrogen-bond donors (Lipinski definition) is 2. The number of aryl methyl sites for hydroxylation is 1. The van der Waals surface area contributed by atoms with Crippen LogP contribution in [0.25, 0.3) is 0 Å². The molecule has 0 saturated heterocycles. The molecule has 0 spiro atoms. The Hall–Kier alpha value is -2.16. The van der Waals surface area contributed by atoms with Crippen molar-refractivity contribution in [3.63, 3.8) is 0 Å². The van der Waals surface area contributed by atoms with Crippen molar-refractivity contribution in [2.45, 2.75) is 11.8 Å². The molecule has 2 rings (SSSR count). The average molecular weight is 302 g/mol. The fourth-order valence-electron chi connectivity index (χ4n) is 1.72. The molecule has 0 aliphatic heterocycles. The van der Waals surface area contributed by atoms with Crippen LogP contribution in [0.3, 0.4) is 0 Å². The van der Waals surface area contributed by atoms with E-state index in [1.807, 2.05) is 4.72 Å². The summed E-state index contributed by atoms with van der Waals surface area (Å²) in [6, 6.07) is 2.46. The quantitative estimate of drug-likeness (QED) is 0.896. The number of nitrogens with zero attached hydrogens (tertiary/aromatic N) is 2. The van der Waals surface area contributed by atoms with E-state index in [0.29, 0.717) is 0 Å². The number of nitrogens with one attached hydrogen (secondary N) is 1. The second kappa shape index (κ2) is 4.75. The van der Waals surface area contributed by atoms with Gasteiger partial charge in [-0.25, -0.2) is 17.2 Å². The number of halogens is 2. The molecule has 0 aliphatic carbocycles. The van der Waals surface area contributed by atoms with Crippen molar-refractivity contribution in [1.29, 1.82) is 0 Å². The first-order valence-electron chi connectivity index (χ1n) is 5.49. The molecule has 2 aromatic rings. The predicted octanol–water partition coefficient (Wildman–Crippen LogP) is 1.39. The summed E-state index contributed by atoms with van der Waals surface area (Å²) >= 11 is 0. The minimum absolute atomic E-state index is 0.214. The highest BCUT2D eigenvalue weighted by Crippen LogP contribution is 2.25. The van der Waals surface area contributed by atoms with Gasteiger partial charge in [0.15, 0.2) is 10.7 Å². The van der Waals surface area contributed by atoms with Crippen LogP contribution in [-0.2, 0) is 17.1 Å². The van der Waals surface area contributed by atoms with E-state index in [0.717, 1.165) is 18.2 Å². The first kappa shape index (κ1) is 14.3. The van der Waals surface area contributed by atoms with Crippen LogP contribution in [0, 0.1) is 18.6 Å². The molecule has 108 valence electrons. The van der Waals surface area contributed by atoms with Gasteiger partial charge in [-0.05, 0) is 19.1 Å². The Labute approximate surface area is 114 Å². The van der Waals surface area contributed by atoms with Gasteiger partial charge in [0.2, 0.25) is 0 Å². The highest BCUT2D eigenvalue weighted by Gasteiger charge is 2.25. The van der Waals surface area contributed by atoms with Crippen LogP contribution < -0.4 is 10.5 Å². The van der Waals surface area contributed by atoms with Gasteiger partial charge in [0.25, 0.3) is 10.0 Å². The Morgan fingerprint density at radius 3 is 2.55 bits per heavy atom. The van der Waals surface area contributed by atoms with Crippen LogP contribution in [0.5, 0.6) is 0 Å². The van der Waals surface area contributed by atoms with Gasteiger partial charge >= 0.3 is 0 Å². The summed E-state index contributed by atoms with van der Waals surface area (Å²) in [6.07, 6.45) is 0. The molecule has 1 aromatic heterocycles. The van der Waals surface area contributed by atoms with Crippen LogP contribution in [0.15, 0.2) is 23.1 Å². The van der Waals surface area contributed by atoms with Crippen molar-refractivity contribution >= 4 is 21.5 Å². The molecule has 0 radical (unpaired) electrons. The topological polar surface area (TPSA) is 90.0 Å². The highest BCUT2D eigenvalue weighted by molar-refractivity contribution is 7.93. The standard InChI is InChI=1S/C11H12F2N4O2S/c1-6-10(11(14)15-17(6)2)20(18,19)16-9-5-7(12)3-4-8(9)13/h3-5,16H,1-2H3,(H2,14,15). The van der Waals surface area contributed by atoms with Gasteiger partial charge in [-0.1, -0.05) is 0 Å². The lowest BCUT2D eigenvalue weighted by atomic mass is 10.3. The zero-order chi connectivity index (χ0) is 15.1. The van der Waals surface area contributed by atoms with Gasteiger partial charge in [-0.2, -0.15) is 5.10 Å². The van der Waals surface area contributed by atoms with Crippen LogP contribution in [-0.4, -0.2) is 18.2 Å². The van der Waals surface area contributed by atoms with Crippen molar-refractivity contribution in [3.05, 3.63) is 35.5 Å². The smallest absolute Gasteiger partial charge is 0.267 e. The first-order chi connectivity index (χ1) is 9.22. The molecule has 20 heavy (non-hydrogen) atoms. The van der Waals surface area contributed by atoms with Crippen molar-refractivity contribution in [2.75, 3.05) is 10.5 Å². The Morgan fingerprint density at radius 1 is 1.35 bits per heavy atom. The zero-order valence-corrected chi connectivity index (χ0v) is 11.5. The molecule has 1 heterocycles. The Balaban J connectivity index is 2.49. The minimum Gasteiger partial charge on any atom is -0.381 e. The van der Waals surface area contributed by atoms with Gasteiger partial charge < -0.3 is 5.73 Å². The molecule has 1 aromatic carbocycles. The summed E-state index contributed by atoms with van der Waals surface area (Å²) in [5.41, 5.74) is 5.32. The molecule has 0 fully saturated rings. The molecule has 3 N–H and O–H groups in total. The van der Waals surface area contributed by atoms with E-state index in [-0.39, 0.29) is 16.4 Å². The third-order valence-electron chi connectivity index (χ3n) is 2.75. The lowest BCUT2D eigenvalue weighted by Gasteiger charge is -2.09. The first-order valence-corrected chi connectivity index (χ1v) is 6.97. The third-order valence-corrected chi connectivity index (χ3v) is 4.28. The van der Waals surface area contributed by atoms with E-state index in [9.17, 15) is 17.2 Å². The molecule has 0 amide bonds. The highest BCUT2D eigenvalue weighted by atomic mass is 32.2. The van der Waals surface area contributed by atoms with Crippen molar-refractivity contribution in [2.24, 2.45) is 7.05 Å². The summed E-state index contributed by atoms with van der Waals surface area (Å²) < 4.78 is 54.1. The van der Waals surface area contributed by atoms with Crippen molar-refractivity contribution < 1.29 is 17.2 Å². The summed E-state index contributed by atoms with van der Waals surface area (Å²) in [4.78, 5) is -0.260. The number of aromatic nitrogens is 2. The monoisotopic (exact) mass is 302 g/mol. The number of anilines is 2. The van der Waals surface area contributed by atoms with E-state index in [1.54, 1.807) is 0 Å². The van der Waals surface area contributed by atoms with Crippen LogP contribution in [0.4, 0.5) is 20.3 Å². The van der Waals surface area contributed by atoms with Gasteiger partial charge in [-0.15, -0.1) is 0 Å². The fraction of sp³-hybridized carbons (Fsp3) is 0.182. The number of sulfonamides is 1. The molecular formula is C11H12F2N4O2S. The summed E-state index contributed by atoms with van der Waals surface area (Å²) in [6.45, 7) is 1.50. The normalized spacial score (nSPS) is 11.6. The van der Waals surface area contributed by atoms with Crippen molar-refractivity contribution in [3.8, 4) is 0 Å². The van der Waals surface area contributed by atoms with E-state index < -0.39 is 27.3 Å². The lowest BCUT2D eigenvalue weighted by molar-refractivity contribution is 0.594. The van der Waals surface area contributed by atoms with E-state index in [2.05, 4.69) is 5.10 Å². The molecule has 0 unspecified atom stereocenters. The molecule has 0 bridgehead atoms. The van der Waals surface area contributed by atoms with Gasteiger partial charge in [0.05, 0.1) is 11.4 Å². The molecule has 9 heteroatoms. The van der Waals surface area contributed by atoms with E-state index in [4.69, 9.17) is 5.73 Å². The van der Waals surface area contributed by atoms with E-state index in [1.165, 1.54) is 18.7 Å². The lowest BCUT2D eigenvalue weighted by Crippen LogP contribution is -2.16. The predicted molar refractivity (Wildman–Crippen MR) is 69.5 cm³/mol. The Kier molecular flexibility index (Phi) is 3.38. The van der Waals surface area contributed by atoms with Crippen LogP contribution in [0.2, 0.25) is 0 Å². The summed E-state index contributed by atoms with van der Waals surface area (Å²) in [5.74, 6) is -1.87. The molecule has 0 aliphatic rings. The molecule has 0 atom stereocenters. The maximum absolute atomic E-state index is 13.5. The van der Waals surface area contributed by atoms with E-state index >= 15 is 0 Å². The average Bonchev–Trinajstić information content (AvgIpc) is 2.58. The SMILES string of the molecule is Cc1c(S(=O)(=O)Nc2cc(F)ccc2F)c(N)nn1C. The van der Waals surface area contributed by atoms with Crippen molar-refractivity contribution in [1.82, 2.24) is 9.78 Å².